The first kappa shape index (κ1) is 26.7. The van der Waals surface area contributed by atoms with Crippen LogP contribution in [-0.4, -0.2) is 101 Å². The highest BCUT2D eigenvalue weighted by atomic mass is 16.5. The summed E-state index contributed by atoms with van der Waals surface area (Å²) in [4.78, 5) is 0. The van der Waals surface area contributed by atoms with Crippen LogP contribution in [0.1, 0.15) is 26.7 Å². The smallest absolute Gasteiger partial charge is 0.105 e. The van der Waals surface area contributed by atoms with Crippen molar-refractivity contribution in [3.63, 3.8) is 0 Å². The van der Waals surface area contributed by atoms with Gasteiger partial charge >= 0.3 is 0 Å². The van der Waals surface area contributed by atoms with E-state index < -0.39 is 11.1 Å². The third-order valence-electron chi connectivity index (χ3n) is 4.58. The first-order valence-corrected chi connectivity index (χ1v) is 9.26. The number of rotatable bonds is 17. The van der Waals surface area contributed by atoms with E-state index in [1.807, 2.05) is 13.8 Å². The van der Waals surface area contributed by atoms with Gasteiger partial charge in [0.1, 0.15) is 11.4 Å². The molecule has 0 aliphatic rings. The molecule has 0 aromatic heterocycles. The zero-order valence-corrected chi connectivity index (χ0v) is 18.1. The molecule has 0 heterocycles. The van der Waals surface area contributed by atoms with Crippen LogP contribution in [-0.2, 0) is 18.9 Å². The summed E-state index contributed by atoms with van der Waals surface area (Å²) in [5, 5.41) is 32.0. The molecule has 28 heavy (non-hydrogen) atoms. The molecule has 0 radical (unpaired) electrons. The van der Waals surface area contributed by atoms with Crippen molar-refractivity contribution < 1.29 is 29.4 Å². The van der Waals surface area contributed by atoms with Crippen LogP contribution in [0.25, 0.3) is 0 Å². The van der Waals surface area contributed by atoms with E-state index in [-0.39, 0.29) is 13.2 Å². The Balaban J connectivity index is 4.59. The molecule has 10 heteroatoms. The predicted octanol–water partition coefficient (Wildman–Crippen LogP) is 0.709. The third-order valence-corrected chi connectivity index (χ3v) is 4.58. The van der Waals surface area contributed by atoms with Gasteiger partial charge in [-0.15, -0.1) is 0 Å². The summed E-state index contributed by atoms with van der Waals surface area (Å²) >= 11 is 0. The largest absolute Gasteiger partial charge is 0.411 e. The lowest BCUT2D eigenvalue weighted by atomic mass is 9.96. The van der Waals surface area contributed by atoms with Crippen molar-refractivity contribution in [1.82, 2.24) is 10.6 Å². The minimum Gasteiger partial charge on any atom is -0.411 e. The molecule has 0 aromatic rings. The van der Waals surface area contributed by atoms with Gasteiger partial charge in [0.2, 0.25) is 0 Å². The monoisotopic (exact) mass is 406 g/mol. The van der Waals surface area contributed by atoms with Gasteiger partial charge in [0.25, 0.3) is 0 Å². The lowest BCUT2D eigenvalue weighted by Crippen LogP contribution is -2.55. The Hall–Kier alpha value is -1.30. The maximum absolute atomic E-state index is 9.27. The molecule has 0 bridgehead atoms. The fourth-order valence-electron chi connectivity index (χ4n) is 2.90. The highest BCUT2D eigenvalue weighted by Crippen LogP contribution is 2.11. The summed E-state index contributed by atoms with van der Waals surface area (Å²) in [6.45, 7) is 6.35. The van der Waals surface area contributed by atoms with Crippen molar-refractivity contribution in [3.05, 3.63) is 0 Å². The van der Waals surface area contributed by atoms with Gasteiger partial charge in [-0.1, -0.05) is 10.3 Å². The molecule has 0 rings (SSSR count). The topological polar surface area (TPSA) is 126 Å². The molecule has 4 N–H and O–H groups in total. The minimum absolute atomic E-state index is 0.211. The Morgan fingerprint density at radius 1 is 0.714 bits per heavy atom. The molecule has 2 atom stereocenters. The molecular formula is C18H38N4O6. The fraction of sp³-hybridized carbons (Fsp3) is 0.889. The molecule has 0 fully saturated rings. The third kappa shape index (κ3) is 8.80. The van der Waals surface area contributed by atoms with Crippen molar-refractivity contribution in [2.45, 2.75) is 37.8 Å². The van der Waals surface area contributed by atoms with E-state index in [0.29, 0.717) is 37.7 Å². The molecule has 0 aliphatic heterocycles. The number of hydrogen-bond acceptors (Lipinski definition) is 10. The summed E-state index contributed by atoms with van der Waals surface area (Å²) in [5.41, 5.74) is -0.281. The molecule has 0 spiro atoms. The quantitative estimate of drug-likeness (QED) is 0.120. The average molecular weight is 407 g/mol. The highest BCUT2D eigenvalue weighted by Gasteiger charge is 2.32. The predicted molar refractivity (Wildman–Crippen MR) is 108 cm³/mol. The molecular weight excluding hydrogens is 368 g/mol. The lowest BCUT2D eigenvalue weighted by molar-refractivity contribution is 0.138. The van der Waals surface area contributed by atoms with Crippen LogP contribution in [0.4, 0.5) is 0 Å². The Kier molecular flexibility index (Phi) is 14.0. The zero-order valence-electron chi connectivity index (χ0n) is 18.1. The van der Waals surface area contributed by atoms with Gasteiger partial charge in [-0.3, -0.25) is 0 Å². The Labute approximate surface area is 168 Å². The van der Waals surface area contributed by atoms with Crippen molar-refractivity contribution in [1.29, 1.82) is 0 Å². The maximum Gasteiger partial charge on any atom is 0.105 e. The van der Waals surface area contributed by atoms with E-state index in [9.17, 15) is 10.4 Å². The van der Waals surface area contributed by atoms with Gasteiger partial charge in [0.15, 0.2) is 0 Å². The summed E-state index contributed by atoms with van der Waals surface area (Å²) < 4.78 is 20.7. The van der Waals surface area contributed by atoms with Crippen LogP contribution in [0.3, 0.4) is 0 Å². The standard InChI is InChI=1S/C18H38N4O6/c1-17(13-27-5,15(21-23)11-25-3)19-9-7-8-10-20-18(2,14-28-6)16(22-24)12-26-4/h19-20,23-24H,7-14H2,1-6H3. The average Bonchev–Trinajstić information content (AvgIpc) is 2.67. The van der Waals surface area contributed by atoms with Gasteiger partial charge in [-0.2, -0.15) is 0 Å². The van der Waals surface area contributed by atoms with E-state index in [0.717, 1.165) is 12.8 Å². The maximum atomic E-state index is 9.27. The normalized spacial score (nSPS) is 17.4. The number of methoxy groups -OCH3 is 4. The van der Waals surface area contributed by atoms with Crippen molar-refractivity contribution in [3.8, 4) is 0 Å². The van der Waals surface area contributed by atoms with Gasteiger partial charge in [0, 0.05) is 28.4 Å². The molecule has 0 saturated carbocycles. The van der Waals surface area contributed by atoms with E-state index in [1.54, 1.807) is 28.4 Å². The second kappa shape index (κ2) is 14.7. The molecule has 166 valence electrons. The SMILES string of the molecule is COCC(=NO)C(C)(COC)NCCCCNC(C)(COC)C(COC)=NO. The number of ether oxygens (including phenoxy) is 4. The highest BCUT2D eigenvalue weighted by molar-refractivity contribution is 5.94. The van der Waals surface area contributed by atoms with Crippen LogP contribution < -0.4 is 10.6 Å². The van der Waals surface area contributed by atoms with E-state index in [4.69, 9.17) is 18.9 Å². The van der Waals surface area contributed by atoms with Crippen molar-refractivity contribution >= 4 is 11.4 Å². The fourth-order valence-corrected chi connectivity index (χ4v) is 2.90. The zero-order chi connectivity index (χ0) is 21.5. The Morgan fingerprint density at radius 2 is 1.07 bits per heavy atom. The Morgan fingerprint density at radius 3 is 1.32 bits per heavy atom. The van der Waals surface area contributed by atoms with Crippen molar-refractivity contribution in [2.75, 3.05) is 68.0 Å². The first-order chi connectivity index (χ1) is 13.4. The number of hydrogen-bond donors (Lipinski definition) is 4. The molecule has 0 aromatic carbocycles. The second-order valence-electron chi connectivity index (χ2n) is 7.05. The van der Waals surface area contributed by atoms with Crippen LogP contribution in [0.5, 0.6) is 0 Å². The summed E-state index contributed by atoms with van der Waals surface area (Å²) in [5.74, 6) is 0. The van der Waals surface area contributed by atoms with Gasteiger partial charge < -0.3 is 40.0 Å². The minimum atomic E-state index is -0.618. The van der Waals surface area contributed by atoms with E-state index >= 15 is 0 Å². The number of unbranched alkanes of at least 4 members (excludes halogenated alkanes) is 1. The lowest BCUT2D eigenvalue weighted by Gasteiger charge is -2.31. The van der Waals surface area contributed by atoms with Crippen molar-refractivity contribution in [2.24, 2.45) is 10.3 Å². The number of nitrogens with zero attached hydrogens (tertiary/aromatic N) is 2. The number of oxime groups is 2. The van der Waals surface area contributed by atoms with Gasteiger partial charge in [0.05, 0.1) is 37.5 Å². The first-order valence-electron chi connectivity index (χ1n) is 9.26. The van der Waals surface area contributed by atoms with Gasteiger partial charge in [-0.25, -0.2) is 0 Å². The van der Waals surface area contributed by atoms with Crippen LogP contribution in [0, 0.1) is 0 Å². The number of nitrogens with one attached hydrogen (secondary N) is 2. The van der Waals surface area contributed by atoms with E-state index in [2.05, 4.69) is 20.9 Å². The Bertz CT molecular complexity index is 435. The summed E-state index contributed by atoms with van der Waals surface area (Å²) in [6.07, 6.45) is 1.74. The second-order valence-corrected chi connectivity index (χ2v) is 7.05. The summed E-state index contributed by atoms with van der Waals surface area (Å²) in [6, 6.07) is 0. The van der Waals surface area contributed by atoms with E-state index in [1.165, 1.54) is 0 Å². The van der Waals surface area contributed by atoms with Crippen LogP contribution in [0.15, 0.2) is 10.3 Å². The molecule has 10 nitrogen and oxygen atoms in total. The molecule has 2 unspecified atom stereocenters. The molecule has 0 aliphatic carbocycles. The van der Waals surface area contributed by atoms with Gasteiger partial charge in [-0.05, 0) is 39.8 Å². The summed E-state index contributed by atoms with van der Waals surface area (Å²) in [7, 11) is 6.30. The van der Waals surface area contributed by atoms with Crippen LogP contribution in [0.2, 0.25) is 0 Å². The molecule has 0 amide bonds. The molecule has 0 saturated heterocycles. The van der Waals surface area contributed by atoms with Crippen LogP contribution >= 0.6 is 0 Å².